The third-order valence-corrected chi connectivity index (χ3v) is 1.93. The second-order valence-electron chi connectivity index (χ2n) is 3.50. The van der Waals surface area contributed by atoms with Gasteiger partial charge in [-0.15, -0.1) is 0 Å². The van der Waals surface area contributed by atoms with Crippen molar-refractivity contribution >= 4 is 5.97 Å². The molecule has 0 aliphatic heterocycles. The smallest absolute Gasteiger partial charge is 0.307 e. The van der Waals surface area contributed by atoms with Crippen molar-refractivity contribution in [2.24, 2.45) is 0 Å². The molecule has 0 aromatic heterocycles. The molecule has 0 aromatic rings. The summed E-state index contributed by atoms with van der Waals surface area (Å²) in [4.78, 5) is 11.1. The van der Waals surface area contributed by atoms with Crippen molar-refractivity contribution < 1.29 is 9.53 Å². The van der Waals surface area contributed by atoms with Gasteiger partial charge in [0.25, 0.3) is 0 Å². The predicted molar refractivity (Wildman–Crippen MR) is 61.6 cm³/mol. The largest absolute Gasteiger partial charge is 0.466 e. The lowest BCUT2D eigenvalue weighted by atomic mass is 10.3. The molecule has 90 valence electrons. The summed E-state index contributed by atoms with van der Waals surface area (Å²) in [5.74, 6) is -0.113. The SMILES string of the molecule is CCCCNCNCCC(=O)OCCC. The number of unbranched alkanes of at least 4 members (excludes halogenated alkanes) is 1. The van der Waals surface area contributed by atoms with E-state index < -0.39 is 0 Å². The van der Waals surface area contributed by atoms with Gasteiger partial charge in [0.2, 0.25) is 0 Å². The Bertz CT molecular complexity index is 152. The topological polar surface area (TPSA) is 50.4 Å². The van der Waals surface area contributed by atoms with Gasteiger partial charge in [0.15, 0.2) is 0 Å². The van der Waals surface area contributed by atoms with Gasteiger partial charge < -0.3 is 15.4 Å². The van der Waals surface area contributed by atoms with Crippen LogP contribution >= 0.6 is 0 Å². The normalized spacial score (nSPS) is 10.3. The predicted octanol–water partition coefficient (Wildman–Crippen LogP) is 1.27. The van der Waals surface area contributed by atoms with Crippen LogP contribution in [0.25, 0.3) is 0 Å². The molecule has 4 nitrogen and oxygen atoms in total. The molecule has 0 amide bonds. The summed E-state index contributed by atoms with van der Waals surface area (Å²) in [6, 6.07) is 0. The van der Waals surface area contributed by atoms with E-state index in [1.54, 1.807) is 0 Å². The summed E-state index contributed by atoms with van der Waals surface area (Å²) in [6.07, 6.45) is 3.74. The zero-order valence-electron chi connectivity index (χ0n) is 9.97. The number of hydrogen-bond acceptors (Lipinski definition) is 4. The van der Waals surface area contributed by atoms with Crippen molar-refractivity contribution in [2.75, 3.05) is 26.4 Å². The molecule has 0 bridgehead atoms. The summed E-state index contributed by atoms with van der Waals surface area (Å²) < 4.78 is 4.94. The Hall–Kier alpha value is -0.610. The Kier molecular flexibility index (Phi) is 11.0. The Morgan fingerprint density at radius 3 is 2.53 bits per heavy atom. The highest BCUT2D eigenvalue weighted by Gasteiger charge is 2.00. The number of ether oxygens (including phenoxy) is 1. The highest BCUT2D eigenvalue weighted by atomic mass is 16.5. The minimum absolute atomic E-state index is 0.113. The first kappa shape index (κ1) is 14.4. The van der Waals surface area contributed by atoms with E-state index in [-0.39, 0.29) is 5.97 Å². The van der Waals surface area contributed by atoms with Crippen molar-refractivity contribution in [3.8, 4) is 0 Å². The van der Waals surface area contributed by atoms with Crippen molar-refractivity contribution in [1.82, 2.24) is 10.6 Å². The van der Waals surface area contributed by atoms with E-state index >= 15 is 0 Å². The molecule has 0 heterocycles. The minimum Gasteiger partial charge on any atom is -0.466 e. The van der Waals surface area contributed by atoms with Gasteiger partial charge in [-0.3, -0.25) is 4.79 Å². The number of hydrogen-bond donors (Lipinski definition) is 2. The molecule has 0 rings (SSSR count). The number of nitrogens with one attached hydrogen (secondary N) is 2. The van der Waals surface area contributed by atoms with E-state index in [4.69, 9.17) is 4.74 Å². The van der Waals surface area contributed by atoms with Crippen LogP contribution in [0.4, 0.5) is 0 Å². The van der Waals surface area contributed by atoms with Gasteiger partial charge in [0.1, 0.15) is 0 Å². The number of carbonyl (C=O) groups excluding carboxylic acids is 1. The van der Waals surface area contributed by atoms with E-state index in [0.717, 1.165) is 19.6 Å². The first-order valence-electron chi connectivity index (χ1n) is 5.88. The van der Waals surface area contributed by atoms with E-state index in [1.165, 1.54) is 12.8 Å². The van der Waals surface area contributed by atoms with Crippen LogP contribution in [0.2, 0.25) is 0 Å². The molecule has 0 unspecified atom stereocenters. The Morgan fingerprint density at radius 1 is 1.13 bits per heavy atom. The second kappa shape index (κ2) is 11.5. The molecule has 0 atom stereocenters. The average molecular weight is 216 g/mol. The van der Waals surface area contributed by atoms with Crippen LogP contribution in [0.15, 0.2) is 0 Å². The zero-order valence-corrected chi connectivity index (χ0v) is 9.97. The van der Waals surface area contributed by atoms with Crippen LogP contribution < -0.4 is 10.6 Å². The fourth-order valence-corrected chi connectivity index (χ4v) is 1.05. The van der Waals surface area contributed by atoms with Crippen LogP contribution in [-0.2, 0) is 9.53 Å². The van der Waals surface area contributed by atoms with Crippen molar-refractivity contribution in [1.29, 1.82) is 0 Å². The lowest BCUT2D eigenvalue weighted by molar-refractivity contribution is -0.143. The van der Waals surface area contributed by atoms with Crippen LogP contribution in [-0.4, -0.2) is 32.3 Å². The number of carbonyl (C=O) groups is 1. The van der Waals surface area contributed by atoms with Crippen LogP contribution in [0.5, 0.6) is 0 Å². The molecule has 0 radical (unpaired) electrons. The zero-order chi connectivity index (χ0) is 11.4. The molecule has 0 saturated carbocycles. The molecule has 0 aromatic carbocycles. The van der Waals surface area contributed by atoms with Gasteiger partial charge in [0, 0.05) is 13.2 Å². The van der Waals surface area contributed by atoms with E-state index in [1.807, 2.05) is 6.92 Å². The fourth-order valence-electron chi connectivity index (χ4n) is 1.05. The maximum atomic E-state index is 11.1. The van der Waals surface area contributed by atoms with E-state index in [0.29, 0.717) is 19.6 Å². The van der Waals surface area contributed by atoms with Crippen molar-refractivity contribution in [3.05, 3.63) is 0 Å². The van der Waals surface area contributed by atoms with Crippen LogP contribution in [0, 0.1) is 0 Å². The van der Waals surface area contributed by atoms with Gasteiger partial charge in [-0.25, -0.2) is 0 Å². The molecule has 4 heteroatoms. The molecule has 0 fully saturated rings. The molecular weight excluding hydrogens is 192 g/mol. The van der Waals surface area contributed by atoms with Crippen molar-refractivity contribution in [2.45, 2.75) is 39.5 Å². The summed E-state index contributed by atoms with van der Waals surface area (Å²) in [5, 5.41) is 6.38. The third-order valence-electron chi connectivity index (χ3n) is 1.93. The van der Waals surface area contributed by atoms with Crippen LogP contribution in [0.3, 0.4) is 0 Å². The molecular formula is C11H24N2O2. The monoisotopic (exact) mass is 216 g/mol. The lowest BCUT2D eigenvalue weighted by Gasteiger charge is -2.06. The number of esters is 1. The molecule has 0 saturated heterocycles. The van der Waals surface area contributed by atoms with Gasteiger partial charge >= 0.3 is 5.97 Å². The first-order chi connectivity index (χ1) is 7.31. The molecule has 0 aliphatic rings. The second-order valence-corrected chi connectivity index (χ2v) is 3.50. The van der Waals surface area contributed by atoms with Crippen molar-refractivity contribution in [3.63, 3.8) is 0 Å². The Morgan fingerprint density at radius 2 is 1.87 bits per heavy atom. The minimum atomic E-state index is -0.113. The molecule has 2 N–H and O–H groups in total. The molecule has 15 heavy (non-hydrogen) atoms. The maximum Gasteiger partial charge on any atom is 0.307 e. The Labute approximate surface area is 92.8 Å². The Balaban J connectivity index is 3.06. The third kappa shape index (κ3) is 11.3. The van der Waals surface area contributed by atoms with Gasteiger partial charge in [-0.2, -0.15) is 0 Å². The lowest BCUT2D eigenvalue weighted by Crippen LogP contribution is -2.31. The first-order valence-corrected chi connectivity index (χ1v) is 5.88. The summed E-state index contributed by atoms with van der Waals surface area (Å²) >= 11 is 0. The summed E-state index contributed by atoms with van der Waals surface area (Å²) in [7, 11) is 0. The molecule has 0 aliphatic carbocycles. The summed E-state index contributed by atoms with van der Waals surface area (Å²) in [5.41, 5.74) is 0. The van der Waals surface area contributed by atoms with Gasteiger partial charge in [0.05, 0.1) is 13.0 Å². The quantitative estimate of drug-likeness (QED) is 0.328. The van der Waals surface area contributed by atoms with Gasteiger partial charge in [-0.1, -0.05) is 20.3 Å². The highest BCUT2D eigenvalue weighted by molar-refractivity contribution is 5.69. The highest BCUT2D eigenvalue weighted by Crippen LogP contribution is 1.86. The van der Waals surface area contributed by atoms with Crippen LogP contribution in [0.1, 0.15) is 39.5 Å². The standard InChI is InChI=1S/C11H24N2O2/c1-3-5-7-12-10-13-8-6-11(14)15-9-4-2/h12-13H,3-10H2,1-2H3. The van der Waals surface area contributed by atoms with Gasteiger partial charge in [-0.05, 0) is 19.4 Å². The van der Waals surface area contributed by atoms with E-state index in [9.17, 15) is 4.79 Å². The fraction of sp³-hybridized carbons (Fsp3) is 0.909. The molecule has 0 spiro atoms. The number of rotatable bonds is 10. The maximum absolute atomic E-state index is 11.1. The average Bonchev–Trinajstić information content (AvgIpc) is 2.25. The summed E-state index contributed by atoms with van der Waals surface area (Å²) in [6.45, 7) is 7.17. The van der Waals surface area contributed by atoms with E-state index in [2.05, 4.69) is 17.6 Å².